The number of hydrogen-bond acceptors (Lipinski definition) is 4. The summed E-state index contributed by atoms with van der Waals surface area (Å²) < 4.78 is 27.8. The maximum Gasteiger partial charge on any atom is 0.242 e. The monoisotopic (exact) mass is 404 g/mol. The van der Waals surface area contributed by atoms with Crippen LogP contribution < -0.4 is 10.0 Å². The van der Waals surface area contributed by atoms with Crippen LogP contribution in [0.25, 0.3) is 0 Å². The molecule has 0 aromatic heterocycles. The second kappa shape index (κ2) is 8.91. The van der Waals surface area contributed by atoms with Crippen LogP contribution in [0.2, 0.25) is 0 Å². The fourth-order valence-corrected chi connectivity index (χ4v) is 4.94. The maximum absolute atomic E-state index is 12.8. The number of carbonyl (C=O) groups excluding carboxylic acids is 1. The van der Waals surface area contributed by atoms with Gasteiger partial charge in [0.05, 0.1) is 4.90 Å². The van der Waals surface area contributed by atoms with Crippen LogP contribution in [0.15, 0.2) is 53.4 Å². The summed E-state index contributed by atoms with van der Waals surface area (Å²) in [5, 5.41) is 2.88. The van der Waals surface area contributed by atoms with Gasteiger partial charge in [0.2, 0.25) is 15.9 Å². The Labute approximate surface area is 165 Å². The Morgan fingerprint density at radius 2 is 1.85 bits per heavy atom. The van der Waals surface area contributed by atoms with Crippen LogP contribution in [0, 0.1) is 0 Å². The number of nitrogens with one attached hydrogen (secondary N) is 2. The average molecular weight is 405 g/mol. The van der Waals surface area contributed by atoms with Crippen molar-refractivity contribution in [1.82, 2.24) is 4.72 Å². The van der Waals surface area contributed by atoms with Crippen molar-refractivity contribution in [2.24, 2.45) is 0 Å². The molecule has 0 saturated heterocycles. The average Bonchev–Trinajstić information content (AvgIpc) is 3.13. The number of thioether (sulfide) groups is 1. The first-order chi connectivity index (χ1) is 13.0. The van der Waals surface area contributed by atoms with Crippen molar-refractivity contribution in [3.63, 3.8) is 0 Å². The van der Waals surface area contributed by atoms with Gasteiger partial charge in [-0.2, -0.15) is 16.5 Å². The highest BCUT2D eigenvalue weighted by molar-refractivity contribution is 7.98. The van der Waals surface area contributed by atoms with Crippen LogP contribution in [0.3, 0.4) is 0 Å². The highest BCUT2D eigenvalue weighted by Crippen LogP contribution is 2.25. The van der Waals surface area contributed by atoms with Crippen LogP contribution in [0.1, 0.15) is 24.0 Å². The van der Waals surface area contributed by atoms with Gasteiger partial charge in [-0.1, -0.05) is 24.3 Å². The number of rotatable bonds is 8. The van der Waals surface area contributed by atoms with Gasteiger partial charge in [-0.05, 0) is 73.1 Å². The molecule has 5 nitrogen and oxygen atoms in total. The Hall–Kier alpha value is -1.83. The Bertz CT molecular complexity index is 899. The van der Waals surface area contributed by atoms with Gasteiger partial charge in [0, 0.05) is 5.69 Å². The standard InChI is InChI=1S/C20H24N2O3S2/c1-26-13-12-19(22-27(24,25)18-8-3-2-4-9-18)20(23)21-17-11-10-15-6-5-7-16(15)14-17/h2-4,8-11,14,19,22H,5-7,12-13H2,1H3,(H,21,23). The van der Waals surface area contributed by atoms with Crippen molar-refractivity contribution in [1.29, 1.82) is 0 Å². The van der Waals surface area contributed by atoms with E-state index in [1.165, 1.54) is 23.3 Å². The van der Waals surface area contributed by atoms with Gasteiger partial charge < -0.3 is 5.32 Å². The van der Waals surface area contributed by atoms with Crippen molar-refractivity contribution >= 4 is 33.4 Å². The molecule has 0 fully saturated rings. The van der Waals surface area contributed by atoms with Crippen LogP contribution in [-0.2, 0) is 27.7 Å². The summed E-state index contributed by atoms with van der Waals surface area (Å²) in [5.74, 6) is 0.348. The third kappa shape index (κ3) is 5.12. The molecule has 1 atom stereocenters. The summed E-state index contributed by atoms with van der Waals surface area (Å²) in [4.78, 5) is 12.9. The first-order valence-electron chi connectivity index (χ1n) is 8.98. The Balaban J connectivity index is 1.74. The minimum Gasteiger partial charge on any atom is -0.325 e. The first kappa shape index (κ1) is 19.9. The Morgan fingerprint density at radius 3 is 2.59 bits per heavy atom. The van der Waals surface area contributed by atoms with Gasteiger partial charge in [0.25, 0.3) is 0 Å². The summed E-state index contributed by atoms with van der Waals surface area (Å²) in [5.41, 5.74) is 3.31. The zero-order valence-electron chi connectivity index (χ0n) is 15.3. The van der Waals surface area contributed by atoms with Gasteiger partial charge in [-0.3, -0.25) is 4.79 Å². The number of carbonyl (C=O) groups is 1. The first-order valence-corrected chi connectivity index (χ1v) is 11.9. The van der Waals surface area contributed by atoms with E-state index < -0.39 is 16.1 Å². The fraction of sp³-hybridized carbons (Fsp3) is 0.350. The molecule has 0 aliphatic heterocycles. The molecule has 0 radical (unpaired) electrons. The Kier molecular flexibility index (Phi) is 6.57. The maximum atomic E-state index is 12.8. The molecular formula is C20H24N2O3S2. The van der Waals surface area contributed by atoms with E-state index in [0.717, 1.165) is 19.3 Å². The van der Waals surface area contributed by atoms with E-state index in [9.17, 15) is 13.2 Å². The second-order valence-electron chi connectivity index (χ2n) is 6.59. The smallest absolute Gasteiger partial charge is 0.242 e. The highest BCUT2D eigenvalue weighted by Gasteiger charge is 2.25. The molecule has 0 saturated carbocycles. The minimum atomic E-state index is -3.76. The molecular weight excluding hydrogens is 380 g/mol. The highest BCUT2D eigenvalue weighted by atomic mass is 32.2. The lowest BCUT2D eigenvalue weighted by atomic mass is 10.1. The largest absolute Gasteiger partial charge is 0.325 e. The molecule has 1 unspecified atom stereocenters. The van der Waals surface area contributed by atoms with E-state index in [0.29, 0.717) is 17.9 Å². The predicted molar refractivity (Wildman–Crippen MR) is 111 cm³/mol. The SMILES string of the molecule is CSCCC(NS(=O)(=O)c1ccccc1)C(=O)Nc1ccc2c(c1)CCC2. The summed E-state index contributed by atoms with van der Waals surface area (Å²) in [6.45, 7) is 0. The number of anilines is 1. The van der Waals surface area contributed by atoms with Gasteiger partial charge in [-0.15, -0.1) is 0 Å². The van der Waals surface area contributed by atoms with Crippen molar-refractivity contribution < 1.29 is 13.2 Å². The zero-order valence-corrected chi connectivity index (χ0v) is 16.9. The second-order valence-corrected chi connectivity index (χ2v) is 9.29. The molecule has 0 bridgehead atoms. The molecule has 0 spiro atoms. The van der Waals surface area contributed by atoms with Crippen LogP contribution in [0.4, 0.5) is 5.69 Å². The van der Waals surface area contributed by atoms with Gasteiger partial charge >= 0.3 is 0 Å². The summed E-state index contributed by atoms with van der Waals surface area (Å²) in [7, 11) is -3.76. The van der Waals surface area contributed by atoms with Crippen molar-refractivity contribution in [2.45, 2.75) is 36.6 Å². The van der Waals surface area contributed by atoms with Crippen LogP contribution in [0.5, 0.6) is 0 Å². The normalized spacial score (nSPS) is 14.6. The van der Waals surface area contributed by atoms with E-state index >= 15 is 0 Å². The number of fused-ring (bicyclic) bond motifs is 1. The molecule has 27 heavy (non-hydrogen) atoms. The number of sulfonamides is 1. The summed E-state index contributed by atoms with van der Waals surface area (Å²) >= 11 is 1.58. The molecule has 144 valence electrons. The molecule has 1 aliphatic rings. The molecule has 1 aliphatic carbocycles. The van der Waals surface area contributed by atoms with Gasteiger partial charge in [0.1, 0.15) is 6.04 Å². The molecule has 2 N–H and O–H groups in total. The molecule has 0 heterocycles. The Morgan fingerprint density at radius 1 is 1.11 bits per heavy atom. The molecule has 2 aromatic carbocycles. The van der Waals surface area contributed by atoms with E-state index in [-0.39, 0.29) is 10.8 Å². The third-order valence-electron chi connectivity index (χ3n) is 4.64. The van der Waals surface area contributed by atoms with Crippen LogP contribution >= 0.6 is 11.8 Å². The molecule has 7 heteroatoms. The minimum absolute atomic E-state index is 0.157. The number of amides is 1. The lowest BCUT2D eigenvalue weighted by molar-refractivity contribution is -0.117. The molecule has 1 amide bonds. The van der Waals surface area contributed by atoms with Crippen molar-refractivity contribution in [3.8, 4) is 0 Å². The van der Waals surface area contributed by atoms with Gasteiger partial charge in [-0.25, -0.2) is 8.42 Å². The predicted octanol–water partition coefficient (Wildman–Crippen LogP) is 3.21. The van der Waals surface area contributed by atoms with E-state index in [1.54, 1.807) is 30.0 Å². The zero-order chi connectivity index (χ0) is 19.3. The number of benzene rings is 2. The van der Waals surface area contributed by atoms with Crippen molar-refractivity contribution in [2.75, 3.05) is 17.3 Å². The van der Waals surface area contributed by atoms with E-state index in [1.807, 2.05) is 24.5 Å². The quantitative estimate of drug-likeness (QED) is 0.708. The lowest BCUT2D eigenvalue weighted by Crippen LogP contribution is -2.44. The molecule has 3 rings (SSSR count). The van der Waals surface area contributed by atoms with E-state index in [4.69, 9.17) is 0 Å². The number of hydrogen-bond donors (Lipinski definition) is 2. The topological polar surface area (TPSA) is 75.3 Å². The van der Waals surface area contributed by atoms with Crippen LogP contribution in [-0.4, -0.2) is 32.4 Å². The number of aryl methyl sites for hydroxylation is 2. The van der Waals surface area contributed by atoms with Crippen molar-refractivity contribution in [3.05, 3.63) is 59.7 Å². The summed E-state index contributed by atoms with van der Waals surface area (Å²) in [6.07, 6.45) is 5.59. The fourth-order valence-electron chi connectivity index (χ4n) is 3.21. The van der Waals surface area contributed by atoms with E-state index in [2.05, 4.69) is 10.0 Å². The van der Waals surface area contributed by atoms with Gasteiger partial charge in [0.15, 0.2) is 0 Å². The third-order valence-corrected chi connectivity index (χ3v) is 6.78. The lowest BCUT2D eigenvalue weighted by Gasteiger charge is -2.18. The molecule has 2 aromatic rings. The summed E-state index contributed by atoms with van der Waals surface area (Å²) in [6, 6.07) is 13.2.